The molecule has 1 aliphatic heterocycles. The summed E-state index contributed by atoms with van der Waals surface area (Å²) in [4.78, 5) is 17.9. The van der Waals surface area contributed by atoms with Gasteiger partial charge in [0.25, 0.3) is 5.91 Å². The van der Waals surface area contributed by atoms with Crippen LogP contribution in [0.2, 0.25) is 0 Å². The van der Waals surface area contributed by atoms with Gasteiger partial charge in [-0.15, -0.1) is 0 Å². The van der Waals surface area contributed by atoms with Crippen molar-refractivity contribution in [3.63, 3.8) is 0 Å². The largest absolute Gasteiger partial charge is 0.488 e. The minimum Gasteiger partial charge on any atom is -0.488 e. The molecular formula is C16H15FN2O2. The van der Waals surface area contributed by atoms with Crippen molar-refractivity contribution in [2.75, 3.05) is 13.1 Å². The molecule has 108 valence electrons. The van der Waals surface area contributed by atoms with Crippen molar-refractivity contribution in [2.45, 2.75) is 12.5 Å². The molecule has 1 aliphatic rings. The molecule has 1 aromatic heterocycles. The van der Waals surface area contributed by atoms with E-state index in [-0.39, 0.29) is 17.8 Å². The number of aromatic nitrogens is 1. The fraction of sp³-hybridized carbons (Fsp3) is 0.250. The van der Waals surface area contributed by atoms with Crippen LogP contribution in [0.5, 0.6) is 5.75 Å². The van der Waals surface area contributed by atoms with E-state index in [0.29, 0.717) is 24.4 Å². The van der Waals surface area contributed by atoms with Gasteiger partial charge in [-0.2, -0.15) is 0 Å². The zero-order chi connectivity index (χ0) is 14.7. The van der Waals surface area contributed by atoms with E-state index in [2.05, 4.69) is 4.98 Å². The van der Waals surface area contributed by atoms with Gasteiger partial charge in [-0.3, -0.25) is 9.78 Å². The molecule has 1 aromatic carbocycles. The summed E-state index contributed by atoms with van der Waals surface area (Å²) < 4.78 is 18.8. The predicted octanol–water partition coefficient (Wildman–Crippen LogP) is 2.51. The summed E-state index contributed by atoms with van der Waals surface area (Å²) >= 11 is 0. The Morgan fingerprint density at radius 1 is 1.29 bits per heavy atom. The molecule has 21 heavy (non-hydrogen) atoms. The van der Waals surface area contributed by atoms with Crippen molar-refractivity contribution < 1.29 is 13.9 Å². The van der Waals surface area contributed by atoms with Gasteiger partial charge in [-0.25, -0.2) is 4.39 Å². The summed E-state index contributed by atoms with van der Waals surface area (Å²) in [6.07, 6.45) is 3.85. The lowest BCUT2D eigenvalue weighted by molar-refractivity contribution is 0.0772. The molecule has 1 amide bonds. The van der Waals surface area contributed by atoms with Crippen LogP contribution >= 0.6 is 0 Å². The van der Waals surface area contributed by atoms with Gasteiger partial charge in [-0.05, 0) is 24.3 Å². The zero-order valence-corrected chi connectivity index (χ0v) is 11.4. The highest BCUT2D eigenvalue weighted by Crippen LogP contribution is 2.20. The quantitative estimate of drug-likeness (QED) is 0.870. The number of nitrogens with zero attached hydrogens (tertiary/aromatic N) is 2. The molecule has 1 fully saturated rings. The second-order valence-electron chi connectivity index (χ2n) is 4.97. The van der Waals surface area contributed by atoms with Gasteiger partial charge in [0, 0.05) is 37.0 Å². The fourth-order valence-corrected chi connectivity index (χ4v) is 2.42. The van der Waals surface area contributed by atoms with Crippen molar-refractivity contribution in [2.24, 2.45) is 0 Å². The second-order valence-corrected chi connectivity index (χ2v) is 4.97. The molecule has 0 saturated carbocycles. The molecule has 0 spiro atoms. The Balaban J connectivity index is 1.62. The maximum Gasteiger partial charge on any atom is 0.254 e. The third kappa shape index (κ3) is 3.18. The predicted molar refractivity (Wildman–Crippen MR) is 75.6 cm³/mol. The average Bonchev–Trinajstić information content (AvgIpc) is 2.96. The monoisotopic (exact) mass is 286 g/mol. The molecule has 0 N–H and O–H groups in total. The average molecular weight is 286 g/mol. The Morgan fingerprint density at radius 2 is 2.10 bits per heavy atom. The van der Waals surface area contributed by atoms with E-state index in [4.69, 9.17) is 4.74 Å². The van der Waals surface area contributed by atoms with Gasteiger partial charge in [0.15, 0.2) is 0 Å². The number of ether oxygens (including phenoxy) is 1. The molecule has 2 aromatic rings. The molecule has 0 aliphatic carbocycles. The van der Waals surface area contributed by atoms with Crippen LogP contribution in [-0.2, 0) is 0 Å². The number of hydrogen-bond acceptors (Lipinski definition) is 3. The number of benzene rings is 1. The van der Waals surface area contributed by atoms with E-state index in [9.17, 15) is 9.18 Å². The Labute approximate surface area is 122 Å². The first kappa shape index (κ1) is 13.5. The molecule has 5 heteroatoms. The van der Waals surface area contributed by atoms with Crippen LogP contribution in [0.4, 0.5) is 4.39 Å². The summed E-state index contributed by atoms with van der Waals surface area (Å²) in [5.74, 6) is 0.149. The highest BCUT2D eigenvalue weighted by molar-refractivity contribution is 5.94. The van der Waals surface area contributed by atoms with Crippen molar-refractivity contribution in [3.05, 3.63) is 60.2 Å². The summed E-state index contributed by atoms with van der Waals surface area (Å²) in [5, 5.41) is 0. The lowest BCUT2D eigenvalue weighted by Crippen LogP contribution is -2.30. The van der Waals surface area contributed by atoms with Crippen LogP contribution in [0.1, 0.15) is 16.8 Å². The summed E-state index contributed by atoms with van der Waals surface area (Å²) in [6.45, 7) is 1.15. The minimum atomic E-state index is -0.324. The summed E-state index contributed by atoms with van der Waals surface area (Å²) in [6, 6.07) is 9.45. The molecule has 0 bridgehead atoms. The van der Waals surface area contributed by atoms with Gasteiger partial charge in [0.2, 0.25) is 0 Å². The standard InChI is InChI=1S/C16H15FN2O2/c17-13-2-1-3-14(10-13)21-15-6-9-19(11-15)16(20)12-4-7-18-8-5-12/h1-5,7-8,10,15H,6,9,11H2. The van der Waals surface area contributed by atoms with Gasteiger partial charge in [0.1, 0.15) is 17.7 Å². The zero-order valence-electron chi connectivity index (χ0n) is 11.4. The van der Waals surface area contributed by atoms with Gasteiger partial charge >= 0.3 is 0 Å². The Bertz CT molecular complexity index is 633. The lowest BCUT2D eigenvalue weighted by Gasteiger charge is -2.17. The Hall–Kier alpha value is -2.43. The molecule has 1 unspecified atom stereocenters. The van der Waals surface area contributed by atoms with Gasteiger partial charge < -0.3 is 9.64 Å². The number of carbonyl (C=O) groups is 1. The first-order valence-corrected chi connectivity index (χ1v) is 6.84. The third-order valence-electron chi connectivity index (χ3n) is 3.46. The number of halogens is 1. The molecule has 2 heterocycles. The number of rotatable bonds is 3. The summed E-state index contributed by atoms with van der Waals surface area (Å²) in [7, 11) is 0. The molecule has 4 nitrogen and oxygen atoms in total. The minimum absolute atomic E-state index is 0.0252. The molecule has 1 saturated heterocycles. The SMILES string of the molecule is O=C(c1ccncc1)N1CCC(Oc2cccc(F)c2)C1. The summed E-state index contributed by atoms with van der Waals surface area (Å²) in [5.41, 5.74) is 0.622. The van der Waals surface area contributed by atoms with Gasteiger partial charge in [-0.1, -0.05) is 6.07 Å². The fourth-order valence-electron chi connectivity index (χ4n) is 2.42. The Morgan fingerprint density at radius 3 is 2.86 bits per heavy atom. The van der Waals surface area contributed by atoms with Crippen molar-refractivity contribution >= 4 is 5.91 Å². The van der Waals surface area contributed by atoms with Crippen molar-refractivity contribution in [1.29, 1.82) is 0 Å². The lowest BCUT2D eigenvalue weighted by atomic mass is 10.2. The van der Waals surface area contributed by atoms with E-state index >= 15 is 0 Å². The van der Waals surface area contributed by atoms with E-state index in [1.807, 2.05) is 0 Å². The second kappa shape index (κ2) is 5.91. The van der Waals surface area contributed by atoms with E-state index in [1.54, 1.807) is 41.6 Å². The number of likely N-dealkylation sites (tertiary alicyclic amines) is 1. The van der Waals surface area contributed by atoms with Gasteiger partial charge in [0.05, 0.1) is 6.54 Å². The first-order chi connectivity index (χ1) is 10.2. The topological polar surface area (TPSA) is 42.4 Å². The number of hydrogen-bond donors (Lipinski definition) is 0. The maximum absolute atomic E-state index is 13.1. The Kier molecular flexibility index (Phi) is 3.81. The van der Waals surface area contributed by atoms with Crippen LogP contribution in [0, 0.1) is 5.82 Å². The third-order valence-corrected chi connectivity index (χ3v) is 3.46. The van der Waals surface area contributed by atoms with E-state index < -0.39 is 0 Å². The molecule has 0 radical (unpaired) electrons. The van der Waals surface area contributed by atoms with Crippen LogP contribution in [0.25, 0.3) is 0 Å². The molecule has 1 atom stereocenters. The number of carbonyl (C=O) groups excluding carboxylic acids is 1. The molecule has 3 rings (SSSR count). The van der Waals surface area contributed by atoms with Crippen molar-refractivity contribution in [1.82, 2.24) is 9.88 Å². The van der Waals surface area contributed by atoms with E-state index in [1.165, 1.54) is 12.1 Å². The first-order valence-electron chi connectivity index (χ1n) is 6.84. The van der Waals surface area contributed by atoms with Crippen LogP contribution in [0.15, 0.2) is 48.8 Å². The smallest absolute Gasteiger partial charge is 0.254 e. The normalized spacial score (nSPS) is 17.8. The van der Waals surface area contributed by atoms with Crippen LogP contribution < -0.4 is 4.74 Å². The molecular weight excluding hydrogens is 271 g/mol. The maximum atomic E-state index is 13.1. The van der Waals surface area contributed by atoms with Crippen LogP contribution in [0.3, 0.4) is 0 Å². The highest BCUT2D eigenvalue weighted by Gasteiger charge is 2.28. The van der Waals surface area contributed by atoms with Crippen molar-refractivity contribution in [3.8, 4) is 5.75 Å². The number of pyridine rings is 1. The highest BCUT2D eigenvalue weighted by atomic mass is 19.1. The number of amides is 1. The van der Waals surface area contributed by atoms with Crippen LogP contribution in [-0.4, -0.2) is 35.0 Å². The van der Waals surface area contributed by atoms with E-state index in [0.717, 1.165) is 6.42 Å².